The molecule has 5 atom stereocenters. The normalized spacial score (nSPS) is 24.8. The minimum atomic E-state index is -1.28. The number of ether oxygens (including phenoxy) is 5. The first-order valence-corrected chi connectivity index (χ1v) is 11.1. The quantitative estimate of drug-likeness (QED) is 0.181. The third-order valence-corrected chi connectivity index (χ3v) is 5.20. The second-order valence-electron chi connectivity index (χ2n) is 6.75. The molecule has 1 saturated heterocycles. The minimum absolute atomic E-state index is 0.109. The van der Waals surface area contributed by atoms with Crippen LogP contribution in [-0.2, 0) is 42.9 Å². The Labute approximate surface area is 193 Å². The molecule has 1 aliphatic rings. The minimum Gasteiger partial charge on any atom is -0.463 e. The molecule has 1 aromatic heterocycles. The zero-order chi connectivity index (χ0) is 24.0. The van der Waals surface area contributed by atoms with Crippen LogP contribution in [0.4, 0.5) is 0 Å². The van der Waals surface area contributed by atoms with Gasteiger partial charge in [-0.25, -0.2) is 4.98 Å². The average molecular weight is 489 g/mol. The molecule has 11 nitrogen and oxygen atoms in total. The fourth-order valence-electron chi connectivity index (χ4n) is 3.13. The van der Waals surface area contributed by atoms with E-state index in [0.29, 0.717) is 5.03 Å². The maximum atomic E-state index is 11.9. The Bertz CT molecular complexity index is 936. The van der Waals surface area contributed by atoms with Gasteiger partial charge in [0.25, 0.3) is 0 Å². The van der Waals surface area contributed by atoms with Gasteiger partial charge in [-0.05, 0) is 24.5 Å². The van der Waals surface area contributed by atoms with E-state index in [9.17, 15) is 19.2 Å². The molecule has 0 amide bonds. The van der Waals surface area contributed by atoms with Gasteiger partial charge in [-0.3, -0.25) is 23.7 Å². The first kappa shape index (κ1) is 25.7. The molecule has 0 saturated carbocycles. The van der Waals surface area contributed by atoms with Gasteiger partial charge in [0, 0.05) is 33.9 Å². The lowest BCUT2D eigenvalue weighted by molar-refractivity contribution is -0.268. The second-order valence-corrected chi connectivity index (χ2v) is 7.94. The van der Waals surface area contributed by atoms with Crippen LogP contribution in [0.2, 0.25) is 0 Å². The van der Waals surface area contributed by atoms with Gasteiger partial charge in [-0.2, -0.15) is 0 Å². The highest BCUT2D eigenvalue weighted by Gasteiger charge is 2.52. The molecule has 2 heterocycles. The van der Waals surface area contributed by atoms with Gasteiger partial charge in [-0.1, -0.05) is 0 Å². The zero-order valence-electron chi connectivity index (χ0n) is 18.1. The summed E-state index contributed by atoms with van der Waals surface area (Å²) in [5.41, 5.74) is 0. The lowest BCUT2D eigenvalue weighted by Crippen LogP contribution is -2.60. The highest BCUT2D eigenvalue weighted by molar-refractivity contribution is 7.98. The van der Waals surface area contributed by atoms with Crippen molar-refractivity contribution >= 4 is 47.9 Å². The number of rotatable bonds is 7. The predicted octanol–water partition coefficient (Wildman–Crippen LogP) is 1.59. The fraction of sp³-hybridized carbons (Fsp3) is 0.579. The van der Waals surface area contributed by atoms with Gasteiger partial charge in [-0.15, -0.1) is 11.8 Å². The summed E-state index contributed by atoms with van der Waals surface area (Å²) in [6.07, 6.45) is -2.52. The molecule has 0 bridgehead atoms. The largest absolute Gasteiger partial charge is 0.463 e. The van der Waals surface area contributed by atoms with E-state index in [1.54, 1.807) is 12.3 Å². The molecule has 32 heavy (non-hydrogen) atoms. The number of esters is 4. The highest BCUT2D eigenvalue weighted by atomic mass is 32.2. The lowest BCUT2D eigenvalue weighted by atomic mass is 9.97. The van der Waals surface area contributed by atoms with Crippen LogP contribution >= 0.6 is 24.0 Å². The summed E-state index contributed by atoms with van der Waals surface area (Å²) in [6.45, 7) is 4.36. The lowest BCUT2D eigenvalue weighted by Gasteiger charge is -2.44. The number of thioether (sulfide) groups is 1. The van der Waals surface area contributed by atoms with E-state index in [0.717, 1.165) is 13.8 Å². The smallest absolute Gasteiger partial charge is 0.303 e. The number of hydrogen-bond donors (Lipinski definition) is 0. The second kappa shape index (κ2) is 11.4. The summed E-state index contributed by atoms with van der Waals surface area (Å²) in [7, 11) is 0. The molecule has 0 radical (unpaired) electrons. The van der Waals surface area contributed by atoms with Crippen molar-refractivity contribution in [1.82, 2.24) is 9.55 Å². The SMILES string of the molecule is CSc1ccn([C@@H]2O[C@H](COC(C)=O)[C@@H](OC(C)=O)[C@H](OC(C)=O)[C@H]2OC(C)=O)c(=S)n1. The Morgan fingerprint density at radius 2 is 1.56 bits per heavy atom. The van der Waals surface area contributed by atoms with Crippen molar-refractivity contribution in [1.29, 1.82) is 0 Å². The fourth-order valence-corrected chi connectivity index (χ4v) is 3.83. The monoisotopic (exact) mass is 488 g/mol. The Hall–Kier alpha value is -2.51. The van der Waals surface area contributed by atoms with Crippen LogP contribution in [0.3, 0.4) is 0 Å². The van der Waals surface area contributed by atoms with Crippen molar-refractivity contribution in [3.05, 3.63) is 17.0 Å². The molecule has 1 aromatic rings. The zero-order valence-corrected chi connectivity index (χ0v) is 19.8. The van der Waals surface area contributed by atoms with E-state index >= 15 is 0 Å². The van der Waals surface area contributed by atoms with Crippen LogP contribution in [0, 0.1) is 4.77 Å². The van der Waals surface area contributed by atoms with Crippen molar-refractivity contribution in [2.75, 3.05) is 12.9 Å². The molecular formula is C19H24N2O9S2. The summed E-state index contributed by atoms with van der Waals surface area (Å²) in [5.74, 6) is -2.71. The van der Waals surface area contributed by atoms with Crippen molar-refractivity contribution in [2.45, 2.75) is 63.4 Å². The standard InChI is InChI=1S/C19H24N2O9S2/c1-9(22)26-8-13-15(27-10(2)23)16(28-11(3)24)17(29-12(4)25)18(30-13)21-7-6-14(32-5)20-19(21)31/h6-7,13,15-18H,8H2,1-5H3/t13-,15-,16+,17-,18-/m1/s1. The van der Waals surface area contributed by atoms with Crippen LogP contribution in [-0.4, -0.2) is 70.7 Å². The van der Waals surface area contributed by atoms with Gasteiger partial charge in [0.15, 0.2) is 24.5 Å². The Morgan fingerprint density at radius 1 is 1.00 bits per heavy atom. The first-order valence-electron chi connectivity index (χ1n) is 9.47. The number of carbonyl (C=O) groups excluding carboxylic acids is 4. The van der Waals surface area contributed by atoms with Crippen LogP contribution in [0.25, 0.3) is 0 Å². The Balaban J connectivity index is 2.59. The van der Waals surface area contributed by atoms with Crippen LogP contribution in [0.15, 0.2) is 17.3 Å². The molecular weight excluding hydrogens is 464 g/mol. The summed E-state index contributed by atoms with van der Waals surface area (Å²) < 4.78 is 28.8. The summed E-state index contributed by atoms with van der Waals surface area (Å²) >= 11 is 6.74. The number of nitrogens with zero attached hydrogens (tertiary/aromatic N) is 2. The maximum Gasteiger partial charge on any atom is 0.303 e. The van der Waals surface area contributed by atoms with Crippen LogP contribution in [0.1, 0.15) is 33.9 Å². The van der Waals surface area contributed by atoms with Crippen LogP contribution < -0.4 is 0 Å². The maximum absolute atomic E-state index is 11.9. The Morgan fingerprint density at radius 3 is 2.06 bits per heavy atom. The third kappa shape index (κ3) is 6.74. The highest BCUT2D eigenvalue weighted by Crippen LogP contribution is 2.35. The molecule has 13 heteroatoms. The van der Waals surface area contributed by atoms with E-state index in [-0.39, 0.29) is 11.4 Å². The predicted molar refractivity (Wildman–Crippen MR) is 112 cm³/mol. The number of hydrogen-bond acceptors (Lipinski definition) is 12. The molecule has 0 aromatic carbocycles. The molecule has 1 aliphatic heterocycles. The number of aromatic nitrogens is 2. The molecule has 0 N–H and O–H groups in total. The van der Waals surface area contributed by atoms with Crippen molar-refractivity contribution < 1.29 is 42.9 Å². The molecule has 0 spiro atoms. The van der Waals surface area contributed by atoms with Crippen molar-refractivity contribution in [2.24, 2.45) is 0 Å². The average Bonchev–Trinajstić information content (AvgIpc) is 2.68. The van der Waals surface area contributed by atoms with Gasteiger partial charge >= 0.3 is 23.9 Å². The third-order valence-electron chi connectivity index (χ3n) is 4.25. The number of carbonyl (C=O) groups is 4. The molecule has 176 valence electrons. The van der Waals surface area contributed by atoms with Gasteiger partial charge in [0.1, 0.15) is 17.7 Å². The summed E-state index contributed by atoms with van der Waals surface area (Å²) in [4.78, 5) is 51.2. The molecule has 0 unspecified atom stereocenters. The molecule has 2 rings (SSSR count). The van der Waals surface area contributed by atoms with Gasteiger partial charge < -0.3 is 23.7 Å². The van der Waals surface area contributed by atoms with Gasteiger partial charge in [0.2, 0.25) is 4.77 Å². The topological polar surface area (TPSA) is 132 Å². The van der Waals surface area contributed by atoms with Gasteiger partial charge in [0.05, 0.1) is 0 Å². The summed E-state index contributed by atoms with van der Waals surface area (Å²) in [5, 5.41) is 0.650. The van der Waals surface area contributed by atoms with Crippen molar-refractivity contribution in [3.63, 3.8) is 0 Å². The van der Waals surface area contributed by atoms with E-state index in [1.807, 2.05) is 6.26 Å². The Kier molecular flexibility index (Phi) is 9.16. The summed E-state index contributed by atoms with van der Waals surface area (Å²) in [6, 6.07) is 1.68. The molecule has 1 fully saturated rings. The van der Waals surface area contributed by atoms with E-state index < -0.39 is 54.5 Å². The van der Waals surface area contributed by atoms with E-state index in [2.05, 4.69) is 4.98 Å². The first-order chi connectivity index (χ1) is 15.0. The van der Waals surface area contributed by atoms with Crippen molar-refractivity contribution in [3.8, 4) is 0 Å². The van der Waals surface area contributed by atoms with E-state index in [4.69, 9.17) is 35.9 Å². The van der Waals surface area contributed by atoms with Crippen LogP contribution in [0.5, 0.6) is 0 Å². The van der Waals surface area contributed by atoms with E-state index in [1.165, 1.54) is 30.2 Å². The molecule has 0 aliphatic carbocycles.